The van der Waals surface area contributed by atoms with Crippen molar-refractivity contribution < 1.29 is 14.3 Å². The SMILES string of the molecule is Cc1c(N2CCC3CCC[C@@]3(N)C2)ccc2c(=O)c(C(=O)O)cn(C3CC3F)c12. The van der Waals surface area contributed by atoms with Crippen LogP contribution in [0, 0.1) is 12.8 Å². The van der Waals surface area contributed by atoms with Gasteiger partial charge in [0.15, 0.2) is 0 Å². The Labute approximate surface area is 168 Å². The summed E-state index contributed by atoms with van der Waals surface area (Å²) in [7, 11) is 0. The second kappa shape index (κ2) is 6.29. The Balaban J connectivity index is 1.66. The van der Waals surface area contributed by atoms with Crippen LogP contribution in [0.15, 0.2) is 23.1 Å². The van der Waals surface area contributed by atoms with E-state index in [0.29, 0.717) is 23.2 Å². The van der Waals surface area contributed by atoms with Crippen LogP contribution in [0.2, 0.25) is 0 Å². The first kappa shape index (κ1) is 18.6. The van der Waals surface area contributed by atoms with Gasteiger partial charge in [0.25, 0.3) is 0 Å². The minimum absolute atomic E-state index is 0.174. The third-order valence-corrected chi connectivity index (χ3v) is 7.27. The molecule has 29 heavy (non-hydrogen) atoms. The number of alkyl halides is 1. The summed E-state index contributed by atoms with van der Waals surface area (Å²) >= 11 is 0. The third kappa shape index (κ3) is 2.78. The van der Waals surface area contributed by atoms with E-state index in [1.165, 1.54) is 19.0 Å². The lowest BCUT2D eigenvalue weighted by Gasteiger charge is -2.44. The molecule has 154 valence electrons. The predicted octanol–water partition coefficient (Wildman–Crippen LogP) is 3.00. The molecule has 0 bridgehead atoms. The summed E-state index contributed by atoms with van der Waals surface area (Å²) in [6.45, 7) is 3.62. The number of nitrogens with zero attached hydrogens (tertiary/aromatic N) is 2. The molecule has 0 amide bonds. The number of aromatic carboxylic acids is 1. The van der Waals surface area contributed by atoms with Crippen LogP contribution in [0.5, 0.6) is 0 Å². The average molecular weight is 399 g/mol. The van der Waals surface area contributed by atoms with E-state index < -0.39 is 23.6 Å². The number of rotatable bonds is 3. The molecule has 2 aromatic rings. The standard InChI is InChI=1S/C22H26FN3O3/c1-12-17(25-8-6-13-3-2-7-22(13,24)11-25)5-4-14-19(12)26(18-9-16(18)23)10-15(20(14)27)21(28)29/h4-5,10,13,16,18H,2-3,6-9,11,24H2,1H3,(H,28,29)/t13?,16?,18?,22-/m1/s1. The highest BCUT2D eigenvalue weighted by Crippen LogP contribution is 2.44. The van der Waals surface area contributed by atoms with Gasteiger partial charge in [-0.1, -0.05) is 6.42 Å². The van der Waals surface area contributed by atoms with Gasteiger partial charge in [-0.3, -0.25) is 4.79 Å². The van der Waals surface area contributed by atoms with Gasteiger partial charge in [0.1, 0.15) is 11.7 Å². The largest absolute Gasteiger partial charge is 0.477 e. The first-order valence-corrected chi connectivity index (χ1v) is 10.4. The molecule has 4 atom stereocenters. The van der Waals surface area contributed by atoms with E-state index in [2.05, 4.69) is 4.90 Å². The Morgan fingerprint density at radius 2 is 2.10 bits per heavy atom. The topological polar surface area (TPSA) is 88.6 Å². The van der Waals surface area contributed by atoms with Gasteiger partial charge in [0.05, 0.1) is 11.6 Å². The Morgan fingerprint density at radius 3 is 2.79 bits per heavy atom. The molecule has 1 aliphatic heterocycles. The monoisotopic (exact) mass is 399 g/mol. The van der Waals surface area contributed by atoms with Gasteiger partial charge >= 0.3 is 5.97 Å². The maximum atomic E-state index is 13.9. The number of fused-ring (bicyclic) bond motifs is 2. The molecule has 1 aromatic heterocycles. The molecule has 6 nitrogen and oxygen atoms in total. The zero-order valence-corrected chi connectivity index (χ0v) is 16.5. The Kier molecular flexibility index (Phi) is 4.04. The van der Waals surface area contributed by atoms with Crippen LogP contribution in [0.3, 0.4) is 0 Å². The van der Waals surface area contributed by atoms with Crippen LogP contribution >= 0.6 is 0 Å². The normalized spacial score (nSPS) is 31.1. The highest BCUT2D eigenvalue weighted by Gasteiger charge is 2.44. The minimum Gasteiger partial charge on any atom is -0.477 e. The van der Waals surface area contributed by atoms with Crippen LogP contribution in [0.25, 0.3) is 10.9 Å². The molecule has 7 heteroatoms. The van der Waals surface area contributed by atoms with Crippen molar-refractivity contribution in [1.82, 2.24) is 4.57 Å². The number of carboxylic acids is 1. The van der Waals surface area contributed by atoms with Gasteiger partial charge in [0, 0.05) is 42.3 Å². The maximum absolute atomic E-state index is 13.9. The fourth-order valence-electron chi connectivity index (χ4n) is 5.57. The van der Waals surface area contributed by atoms with E-state index in [9.17, 15) is 19.1 Å². The minimum atomic E-state index is -1.28. The number of hydrogen-bond donors (Lipinski definition) is 2. The van der Waals surface area contributed by atoms with Crippen molar-refractivity contribution in [3.8, 4) is 0 Å². The lowest BCUT2D eigenvalue weighted by atomic mass is 9.81. The molecular weight excluding hydrogens is 373 g/mol. The number of aromatic nitrogens is 1. The van der Waals surface area contributed by atoms with Gasteiger partial charge in [0.2, 0.25) is 5.43 Å². The molecule has 3 aliphatic rings. The first-order valence-electron chi connectivity index (χ1n) is 10.4. The van der Waals surface area contributed by atoms with Crippen molar-refractivity contribution in [1.29, 1.82) is 0 Å². The number of carbonyl (C=O) groups is 1. The Hall–Kier alpha value is -2.41. The Morgan fingerprint density at radius 1 is 1.34 bits per heavy atom. The lowest BCUT2D eigenvalue weighted by molar-refractivity contribution is 0.0694. The van der Waals surface area contributed by atoms with E-state index in [-0.39, 0.29) is 11.1 Å². The molecule has 3 fully saturated rings. The van der Waals surface area contributed by atoms with E-state index in [4.69, 9.17) is 5.73 Å². The summed E-state index contributed by atoms with van der Waals surface area (Å²) in [4.78, 5) is 26.6. The second-order valence-electron chi connectivity index (χ2n) is 9.04. The van der Waals surface area contributed by atoms with E-state index in [1.54, 1.807) is 10.6 Å². The van der Waals surface area contributed by atoms with Gasteiger partial charge in [-0.25, -0.2) is 9.18 Å². The Bertz CT molecular complexity index is 1080. The average Bonchev–Trinajstić information content (AvgIpc) is 3.26. The number of aryl methyl sites for hydroxylation is 1. The summed E-state index contributed by atoms with van der Waals surface area (Å²) in [5.41, 5.74) is 8.26. The van der Waals surface area contributed by atoms with Gasteiger partial charge in [-0.15, -0.1) is 0 Å². The van der Waals surface area contributed by atoms with Gasteiger partial charge in [-0.2, -0.15) is 0 Å². The van der Waals surface area contributed by atoms with Crippen molar-refractivity contribution in [3.05, 3.63) is 39.7 Å². The van der Waals surface area contributed by atoms with Crippen LogP contribution in [-0.2, 0) is 0 Å². The number of hydrogen-bond acceptors (Lipinski definition) is 4. The van der Waals surface area contributed by atoms with Crippen molar-refractivity contribution in [2.45, 2.75) is 56.8 Å². The van der Waals surface area contributed by atoms with Gasteiger partial charge < -0.3 is 20.3 Å². The predicted molar refractivity (Wildman–Crippen MR) is 110 cm³/mol. The summed E-state index contributed by atoms with van der Waals surface area (Å²) in [5, 5.41) is 9.77. The summed E-state index contributed by atoms with van der Waals surface area (Å²) < 4.78 is 15.6. The lowest BCUT2D eigenvalue weighted by Crippen LogP contribution is -2.57. The van der Waals surface area contributed by atoms with E-state index in [1.807, 2.05) is 13.0 Å². The molecule has 2 saturated carbocycles. The zero-order chi connectivity index (χ0) is 20.5. The number of piperidine rings is 1. The van der Waals surface area contributed by atoms with Crippen molar-refractivity contribution in [2.24, 2.45) is 11.7 Å². The molecule has 5 rings (SSSR count). The van der Waals surface area contributed by atoms with Crippen molar-refractivity contribution in [3.63, 3.8) is 0 Å². The number of nitrogens with two attached hydrogens (primary N) is 1. The smallest absolute Gasteiger partial charge is 0.341 e. The van der Waals surface area contributed by atoms with Crippen molar-refractivity contribution >= 4 is 22.6 Å². The summed E-state index contributed by atoms with van der Waals surface area (Å²) in [6, 6.07) is 3.18. The summed E-state index contributed by atoms with van der Waals surface area (Å²) in [5.74, 6) is -0.716. The fraction of sp³-hybridized carbons (Fsp3) is 0.545. The highest BCUT2D eigenvalue weighted by molar-refractivity contribution is 5.95. The molecule has 3 unspecified atom stereocenters. The second-order valence-corrected chi connectivity index (χ2v) is 9.04. The van der Waals surface area contributed by atoms with Crippen LogP contribution in [0.4, 0.5) is 10.1 Å². The third-order valence-electron chi connectivity index (χ3n) is 7.27. The number of halogens is 1. The fourth-order valence-corrected chi connectivity index (χ4v) is 5.57. The van der Waals surface area contributed by atoms with Crippen LogP contribution in [0.1, 0.15) is 54.1 Å². The van der Waals surface area contributed by atoms with Crippen LogP contribution < -0.4 is 16.1 Å². The molecule has 2 aliphatic carbocycles. The summed E-state index contributed by atoms with van der Waals surface area (Å²) in [6.07, 6.45) is 5.10. The number of carboxylic acid groups (broad SMARTS) is 1. The number of pyridine rings is 1. The highest BCUT2D eigenvalue weighted by atomic mass is 19.1. The quantitative estimate of drug-likeness (QED) is 0.828. The molecular formula is C22H26FN3O3. The molecule has 1 aromatic carbocycles. The molecule has 1 saturated heterocycles. The molecule has 3 N–H and O–H groups in total. The first-order chi connectivity index (χ1) is 13.8. The van der Waals surface area contributed by atoms with E-state index >= 15 is 0 Å². The van der Waals surface area contributed by atoms with E-state index in [0.717, 1.165) is 37.2 Å². The number of anilines is 1. The molecule has 2 heterocycles. The maximum Gasteiger partial charge on any atom is 0.341 e. The number of benzene rings is 1. The molecule has 0 spiro atoms. The van der Waals surface area contributed by atoms with Gasteiger partial charge in [-0.05, 0) is 49.8 Å². The zero-order valence-electron chi connectivity index (χ0n) is 16.5. The van der Waals surface area contributed by atoms with Crippen LogP contribution in [-0.4, -0.2) is 40.4 Å². The molecule has 0 radical (unpaired) electrons. The van der Waals surface area contributed by atoms with Crippen molar-refractivity contribution in [2.75, 3.05) is 18.0 Å².